The van der Waals surface area contributed by atoms with Crippen molar-refractivity contribution in [2.45, 2.75) is 25.8 Å². The highest BCUT2D eigenvalue weighted by Gasteiger charge is 2.17. The molecule has 1 fully saturated rings. The quantitative estimate of drug-likeness (QED) is 0.863. The van der Waals surface area contributed by atoms with Gasteiger partial charge in [0.1, 0.15) is 0 Å². The normalized spacial score (nSPS) is 22.6. The number of rotatable bonds is 4. The zero-order valence-electron chi connectivity index (χ0n) is 9.81. The molecule has 1 N–H and O–H groups in total. The fourth-order valence-electron chi connectivity index (χ4n) is 1.64. The molecule has 2 rings (SSSR count). The zero-order valence-corrected chi connectivity index (χ0v) is 10.6. The second-order valence-corrected chi connectivity index (χ2v) is 5.03. The molecule has 0 saturated carbocycles. The molecule has 0 aliphatic carbocycles. The molecule has 2 heterocycles. The number of nitrogens with one attached hydrogen (secondary N) is 1. The predicted octanol–water partition coefficient (Wildman–Crippen LogP) is 1.43. The molecule has 0 amide bonds. The summed E-state index contributed by atoms with van der Waals surface area (Å²) in [4.78, 5) is 4.56. The topological polar surface area (TPSA) is 42.2 Å². The van der Waals surface area contributed by atoms with Crippen LogP contribution in [-0.2, 0) is 13.5 Å². The van der Waals surface area contributed by atoms with Crippen LogP contribution in [0.15, 0.2) is 17.4 Å². The van der Waals surface area contributed by atoms with Crippen LogP contribution in [0.2, 0.25) is 0 Å². The third-order valence-corrected chi connectivity index (χ3v) is 3.75. The van der Waals surface area contributed by atoms with Crippen LogP contribution in [-0.4, -0.2) is 33.3 Å². The Morgan fingerprint density at radius 2 is 2.56 bits per heavy atom. The SMILES string of the molecule is CCC1CSC(=NCCc2cnn(C)c2)N1. The van der Waals surface area contributed by atoms with E-state index in [-0.39, 0.29) is 0 Å². The Morgan fingerprint density at radius 1 is 1.69 bits per heavy atom. The van der Waals surface area contributed by atoms with Crippen LogP contribution in [0.5, 0.6) is 0 Å². The van der Waals surface area contributed by atoms with E-state index >= 15 is 0 Å². The average Bonchev–Trinajstić information content (AvgIpc) is 2.88. The van der Waals surface area contributed by atoms with Gasteiger partial charge in [-0.05, 0) is 18.4 Å². The highest BCUT2D eigenvalue weighted by molar-refractivity contribution is 8.14. The van der Waals surface area contributed by atoms with Crippen LogP contribution >= 0.6 is 11.8 Å². The third kappa shape index (κ3) is 3.01. The van der Waals surface area contributed by atoms with E-state index in [9.17, 15) is 0 Å². The van der Waals surface area contributed by atoms with Crippen LogP contribution in [0.1, 0.15) is 18.9 Å². The van der Waals surface area contributed by atoms with E-state index in [1.807, 2.05) is 35.9 Å². The van der Waals surface area contributed by atoms with E-state index in [1.54, 1.807) is 0 Å². The number of aryl methyl sites for hydroxylation is 1. The molecule has 16 heavy (non-hydrogen) atoms. The first-order valence-electron chi connectivity index (χ1n) is 5.69. The zero-order chi connectivity index (χ0) is 11.4. The minimum absolute atomic E-state index is 0.613. The second kappa shape index (κ2) is 5.39. The minimum atomic E-state index is 0.613. The van der Waals surface area contributed by atoms with Gasteiger partial charge in [0.25, 0.3) is 0 Å². The van der Waals surface area contributed by atoms with Gasteiger partial charge in [0.05, 0.1) is 6.20 Å². The number of amidine groups is 1. The molecule has 5 heteroatoms. The fourth-order valence-corrected chi connectivity index (χ4v) is 2.75. The van der Waals surface area contributed by atoms with Gasteiger partial charge in [0.2, 0.25) is 0 Å². The Hall–Kier alpha value is -0.970. The van der Waals surface area contributed by atoms with E-state index in [0.29, 0.717) is 6.04 Å². The first-order valence-corrected chi connectivity index (χ1v) is 6.68. The highest BCUT2D eigenvalue weighted by atomic mass is 32.2. The monoisotopic (exact) mass is 238 g/mol. The van der Waals surface area contributed by atoms with E-state index in [0.717, 1.165) is 23.9 Å². The van der Waals surface area contributed by atoms with Gasteiger partial charge >= 0.3 is 0 Å². The lowest BCUT2D eigenvalue weighted by molar-refractivity contribution is 0.667. The maximum Gasteiger partial charge on any atom is 0.156 e. The maximum atomic E-state index is 4.56. The molecule has 1 saturated heterocycles. The number of hydrogen-bond donors (Lipinski definition) is 1. The molecule has 4 nitrogen and oxygen atoms in total. The largest absolute Gasteiger partial charge is 0.361 e. The van der Waals surface area contributed by atoms with Gasteiger partial charge in [-0.1, -0.05) is 18.7 Å². The fraction of sp³-hybridized carbons (Fsp3) is 0.636. The average molecular weight is 238 g/mol. The van der Waals surface area contributed by atoms with Crippen LogP contribution in [0, 0.1) is 0 Å². The van der Waals surface area contributed by atoms with Crippen LogP contribution < -0.4 is 5.32 Å². The summed E-state index contributed by atoms with van der Waals surface area (Å²) in [5, 5.41) is 8.67. The Kier molecular flexibility index (Phi) is 3.88. The van der Waals surface area contributed by atoms with Crippen molar-refractivity contribution in [3.8, 4) is 0 Å². The van der Waals surface area contributed by atoms with Crippen LogP contribution in [0.25, 0.3) is 0 Å². The van der Waals surface area contributed by atoms with Crippen LogP contribution in [0.3, 0.4) is 0 Å². The van der Waals surface area contributed by atoms with Crippen molar-refractivity contribution in [1.82, 2.24) is 15.1 Å². The lowest BCUT2D eigenvalue weighted by Gasteiger charge is -2.04. The van der Waals surface area contributed by atoms with Gasteiger partial charge in [0, 0.05) is 31.6 Å². The number of aromatic nitrogens is 2. The summed E-state index contributed by atoms with van der Waals surface area (Å²) in [6.45, 7) is 3.05. The van der Waals surface area contributed by atoms with E-state index in [1.165, 1.54) is 12.0 Å². The van der Waals surface area contributed by atoms with Crippen molar-refractivity contribution in [2.75, 3.05) is 12.3 Å². The Morgan fingerprint density at radius 3 is 3.19 bits per heavy atom. The van der Waals surface area contributed by atoms with E-state index in [4.69, 9.17) is 0 Å². The molecule has 0 bridgehead atoms. The summed E-state index contributed by atoms with van der Waals surface area (Å²) in [7, 11) is 1.94. The van der Waals surface area contributed by atoms with Gasteiger partial charge in [-0.3, -0.25) is 9.67 Å². The third-order valence-electron chi connectivity index (χ3n) is 2.66. The summed E-state index contributed by atoms with van der Waals surface area (Å²) >= 11 is 1.83. The number of nitrogens with zero attached hydrogens (tertiary/aromatic N) is 3. The Balaban J connectivity index is 1.77. The molecule has 1 unspecified atom stereocenters. The maximum absolute atomic E-state index is 4.56. The molecular weight excluding hydrogens is 220 g/mol. The lowest BCUT2D eigenvalue weighted by Crippen LogP contribution is -2.25. The van der Waals surface area contributed by atoms with E-state index in [2.05, 4.69) is 22.3 Å². The first kappa shape index (κ1) is 11.5. The predicted molar refractivity (Wildman–Crippen MR) is 68.9 cm³/mol. The minimum Gasteiger partial charge on any atom is -0.361 e. The molecule has 0 spiro atoms. The van der Waals surface area contributed by atoms with Crippen LogP contribution in [0.4, 0.5) is 0 Å². The van der Waals surface area contributed by atoms with Crippen molar-refractivity contribution in [3.63, 3.8) is 0 Å². The summed E-state index contributed by atoms with van der Waals surface area (Å²) in [5.74, 6) is 1.15. The lowest BCUT2D eigenvalue weighted by atomic mass is 10.2. The molecule has 1 atom stereocenters. The molecule has 0 radical (unpaired) electrons. The van der Waals surface area contributed by atoms with Crippen molar-refractivity contribution >= 4 is 16.9 Å². The van der Waals surface area contributed by atoms with Crippen molar-refractivity contribution in [3.05, 3.63) is 18.0 Å². The van der Waals surface area contributed by atoms with Gasteiger partial charge in [0.15, 0.2) is 5.17 Å². The number of hydrogen-bond acceptors (Lipinski definition) is 3. The standard InChI is InChI=1S/C11H18N4S/c1-3-10-8-16-11(14-10)12-5-4-9-6-13-15(2)7-9/h6-7,10H,3-5,8H2,1-2H3,(H,12,14). The van der Waals surface area contributed by atoms with Gasteiger partial charge < -0.3 is 5.32 Å². The smallest absolute Gasteiger partial charge is 0.156 e. The Bertz CT molecular complexity index is 372. The molecule has 1 aliphatic heterocycles. The molecule has 0 aromatic carbocycles. The molecule has 88 valence electrons. The number of thioether (sulfide) groups is 1. The highest BCUT2D eigenvalue weighted by Crippen LogP contribution is 2.15. The van der Waals surface area contributed by atoms with Gasteiger partial charge in [-0.2, -0.15) is 5.10 Å². The van der Waals surface area contributed by atoms with Gasteiger partial charge in [-0.15, -0.1) is 0 Å². The van der Waals surface area contributed by atoms with Gasteiger partial charge in [-0.25, -0.2) is 0 Å². The number of aliphatic imine (C=N–C) groups is 1. The summed E-state index contributed by atoms with van der Waals surface area (Å²) < 4.78 is 1.83. The summed E-state index contributed by atoms with van der Waals surface area (Å²) in [5.41, 5.74) is 1.25. The summed E-state index contributed by atoms with van der Waals surface area (Å²) in [6, 6.07) is 0.613. The molecule has 1 aromatic heterocycles. The molecular formula is C11H18N4S. The molecule has 1 aliphatic rings. The first-order chi connectivity index (χ1) is 7.78. The second-order valence-electron chi connectivity index (χ2n) is 4.02. The van der Waals surface area contributed by atoms with Crippen molar-refractivity contribution in [1.29, 1.82) is 0 Å². The van der Waals surface area contributed by atoms with Crippen molar-refractivity contribution in [2.24, 2.45) is 12.0 Å². The summed E-state index contributed by atoms with van der Waals surface area (Å²) in [6.07, 6.45) is 6.10. The molecule has 1 aromatic rings. The van der Waals surface area contributed by atoms with E-state index < -0.39 is 0 Å². The Labute approximate surface area is 101 Å². The van der Waals surface area contributed by atoms with Crippen molar-refractivity contribution < 1.29 is 0 Å².